The van der Waals surface area contributed by atoms with Crippen molar-refractivity contribution in [2.24, 2.45) is 0 Å². The fourth-order valence-corrected chi connectivity index (χ4v) is 3.69. The Morgan fingerprint density at radius 2 is 1.85 bits per heavy atom. The first-order chi connectivity index (χ1) is 12.9. The van der Waals surface area contributed by atoms with Gasteiger partial charge in [-0.05, 0) is 50.2 Å². The zero-order valence-corrected chi connectivity index (χ0v) is 15.6. The van der Waals surface area contributed by atoms with Crippen molar-refractivity contribution in [2.45, 2.75) is 25.3 Å². The standard InChI is InChI=1S/C18H18N2O6S/c1-3-20-15-10-9-14(11-16(15)26-18(20)22)27(23,24)19-13-7-5-12(6-8-13)17(21)25-4-2/h5-11,19H,3-4H2,1-2H3. The van der Waals surface area contributed by atoms with Crippen LogP contribution < -0.4 is 10.5 Å². The number of esters is 1. The summed E-state index contributed by atoms with van der Waals surface area (Å²) in [6, 6.07) is 10.1. The highest BCUT2D eigenvalue weighted by atomic mass is 32.2. The van der Waals surface area contributed by atoms with Crippen LogP contribution in [-0.2, 0) is 21.3 Å². The predicted molar refractivity (Wildman–Crippen MR) is 99.4 cm³/mol. The number of hydrogen-bond acceptors (Lipinski definition) is 6. The van der Waals surface area contributed by atoms with Crippen LogP contribution in [-0.4, -0.2) is 25.6 Å². The normalized spacial score (nSPS) is 11.5. The summed E-state index contributed by atoms with van der Waals surface area (Å²) < 4.78 is 39.0. The van der Waals surface area contributed by atoms with Crippen LogP contribution in [0.15, 0.2) is 56.6 Å². The minimum absolute atomic E-state index is 0.0403. The Hall–Kier alpha value is -3.07. The first-order valence-electron chi connectivity index (χ1n) is 8.29. The van der Waals surface area contributed by atoms with Gasteiger partial charge in [0.15, 0.2) is 5.58 Å². The fourth-order valence-electron chi connectivity index (χ4n) is 2.62. The third-order valence-electron chi connectivity index (χ3n) is 3.91. The van der Waals surface area contributed by atoms with Crippen LogP contribution in [0.4, 0.5) is 5.69 Å². The minimum Gasteiger partial charge on any atom is -0.462 e. The van der Waals surface area contributed by atoms with Gasteiger partial charge in [-0.25, -0.2) is 18.0 Å². The number of anilines is 1. The van der Waals surface area contributed by atoms with Crippen molar-refractivity contribution in [2.75, 3.05) is 11.3 Å². The molecule has 0 fully saturated rings. The molecule has 142 valence electrons. The molecule has 0 saturated heterocycles. The quantitative estimate of drug-likeness (QED) is 0.648. The van der Waals surface area contributed by atoms with Gasteiger partial charge in [-0.3, -0.25) is 9.29 Å². The molecule has 0 bridgehead atoms. The molecule has 27 heavy (non-hydrogen) atoms. The topological polar surface area (TPSA) is 108 Å². The number of fused-ring (bicyclic) bond motifs is 1. The molecule has 0 saturated carbocycles. The number of sulfonamides is 1. The van der Waals surface area contributed by atoms with Crippen LogP contribution in [0.5, 0.6) is 0 Å². The summed E-state index contributed by atoms with van der Waals surface area (Å²) in [4.78, 5) is 23.4. The molecule has 1 aromatic heterocycles. The summed E-state index contributed by atoms with van der Waals surface area (Å²) in [6.45, 7) is 4.17. The predicted octanol–water partition coefficient (Wildman–Crippen LogP) is 2.59. The van der Waals surface area contributed by atoms with Crippen LogP contribution in [0.3, 0.4) is 0 Å². The van der Waals surface area contributed by atoms with Gasteiger partial charge in [0.25, 0.3) is 10.0 Å². The molecule has 0 unspecified atom stereocenters. The lowest BCUT2D eigenvalue weighted by Crippen LogP contribution is -2.13. The highest BCUT2D eigenvalue weighted by molar-refractivity contribution is 7.92. The number of carbonyl (C=O) groups is 1. The maximum Gasteiger partial charge on any atom is 0.419 e. The third kappa shape index (κ3) is 3.72. The molecule has 8 nitrogen and oxygen atoms in total. The lowest BCUT2D eigenvalue weighted by Gasteiger charge is -2.09. The second-order valence-electron chi connectivity index (χ2n) is 5.65. The second-order valence-corrected chi connectivity index (χ2v) is 7.33. The van der Waals surface area contributed by atoms with E-state index in [1.807, 2.05) is 0 Å². The van der Waals surface area contributed by atoms with Gasteiger partial charge in [0.2, 0.25) is 0 Å². The molecule has 0 amide bonds. The number of hydrogen-bond donors (Lipinski definition) is 1. The Balaban J connectivity index is 1.87. The zero-order chi connectivity index (χ0) is 19.6. The summed E-state index contributed by atoms with van der Waals surface area (Å²) in [6.07, 6.45) is 0. The molecule has 0 aliphatic rings. The first-order valence-corrected chi connectivity index (χ1v) is 9.77. The molecular formula is C18H18N2O6S. The average molecular weight is 390 g/mol. The van der Waals surface area contributed by atoms with Crippen molar-refractivity contribution in [1.82, 2.24) is 4.57 Å². The van der Waals surface area contributed by atoms with Gasteiger partial charge < -0.3 is 9.15 Å². The van der Waals surface area contributed by atoms with Crippen LogP contribution in [0, 0.1) is 0 Å². The van der Waals surface area contributed by atoms with Gasteiger partial charge >= 0.3 is 11.7 Å². The van der Waals surface area contributed by atoms with Crippen molar-refractivity contribution in [3.8, 4) is 0 Å². The zero-order valence-electron chi connectivity index (χ0n) is 14.8. The number of aryl methyl sites for hydroxylation is 1. The van der Waals surface area contributed by atoms with Gasteiger partial charge in [-0.1, -0.05) is 0 Å². The number of oxazole rings is 1. The molecule has 3 aromatic rings. The summed E-state index contributed by atoms with van der Waals surface area (Å²) in [5.41, 5.74) is 1.34. The van der Waals surface area contributed by atoms with Gasteiger partial charge in [-0.15, -0.1) is 0 Å². The van der Waals surface area contributed by atoms with Gasteiger partial charge in [0.05, 0.1) is 22.6 Å². The number of benzene rings is 2. The van der Waals surface area contributed by atoms with Crippen molar-refractivity contribution in [3.63, 3.8) is 0 Å². The molecule has 0 aliphatic heterocycles. The number of nitrogens with zero attached hydrogens (tertiary/aromatic N) is 1. The van der Waals surface area contributed by atoms with E-state index < -0.39 is 21.7 Å². The summed E-state index contributed by atoms with van der Waals surface area (Å²) in [7, 11) is -3.90. The van der Waals surface area contributed by atoms with Crippen molar-refractivity contribution in [3.05, 3.63) is 58.6 Å². The number of rotatable bonds is 6. The van der Waals surface area contributed by atoms with E-state index in [9.17, 15) is 18.0 Å². The van der Waals surface area contributed by atoms with E-state index in [0.29, 0.717) is 17.6 Å². The van der Waals surface area contributed by atoms with E-state index in [-0.39, 0.29) is 22.8 Å². The Labute approximate surface area is 155 Å². The van der Waals surface area contributed by atoms with Gasteiger partial charge in [0.1, 0.15) is 0 Å². The molecule has 9 heteroatoms. The molecule has 2 aromatic carbocycles. The van der Waals surface area contributed by atoms with E-state index in [1.54, 1.807) is 13.8 Å². The highest BCUT2D eigenvalue weighted by Crippen LogP contribution is 2.21. The summed E-state index contributed by atoms with van der Waals surface area (Å²) >= 11 is 0. The van der Waals surface area contributed by atoms with E-state index in [2.05, 4.69) is 4.72 Å². The Morgan fingerprint density at radius 1 is 1.15 bits per heavy atom. The molecule has 1 N–H and O–H groups in total. The summed E-state index contributed by atoms with van der Waals surface area (Å²) in [5.74, 6) is -1.02. The lowest BCUT2D eigenvalue weighted by molar-refractivity contribution is 0.0526. The number of carbonyl (C=O) groups excluding carboxylic acids is 1. The molecular weight excluding hydrogens is 372 g/mol. The van der Waals surface area contributed by atoms with Gasteiger partial charge in [0, 0.05) is 18.3 Å². The average Bonchev–Trinajstić information content (AvgIpc) is 2.96. The third-order valence-corrected chi connectivity index (χ3v) is 5.29. The lowest BCUT2D eigenvalue weighted by atomic mass is 10.2. The van der Waals surface area contributed by atoms with Crippen molar-refractivity contribution < 1.29 is 22.4 Å². The maximum absolute atomic E-state index is 12.6. The highest BCUT2D eigenvalue weighted by Gasteiger charge is 2.18. The SMILES string of the molecule is CCOC(=O)c1ccc(NS(=O)(=O)c2ccc3c(c2)oc(=O)n3CC)cc1. The Kier molecular flexibility index (Phi) is 5.04. The molecule has 0 aliphatic carbocycles. The molecule has 3 rings (SSSR count). The molecule has 0 spiro atoms. The molecule has 0 atom stereocenters. The van der Waals surface area contributed by atoms with Crippen LogP contribution >= 0.6 is 0 Å². The van der Waals surface area contributed by atoms with Gasteiger partial charge in [-0.2, -0.15) is 0 Å². The molecule has 1 heterocycles. The minimum atomic E-state index is -3.90. The first kappa shape index (κ1) is 18.7. The number of nitrogens with one attached hydrogen (secondary N) is 1. The second kappa shape index (κ2) is 7.28. The van der Waals surface area contributed by atoms with Crippen molar-refractivity contribution >= 4 is 32.8 Å². The monoisotopic (exact) mass is 390 g/mol. The number of ether oxygens (including phenoxy) is 1. The van der Waals surface area contributed by atoms with E-state index in [1.165, 1.54) is 47.0 Å². The van der Waals surface area contributed by atoms with Crippen LogP contribution in [0.25, 0.3) is 11.1 Å². The van der Waals surface area contributed by atoms with Crippen molar-refractivity contribution in [1.29, 1.82) is 0 Å². The van der Waals surface area contributed by atoms with Crippen LogP contribution in [0.1, 0.15) is 24.2 Å². The maximum atomic E-state index is 12.6. The molecule has 0 radical (unpaired) electrons. The Morgan fingerprint density at radius 3 is 2.48 bits per heavy atom. The van der Waals surface area contributed by atoms with E-state index in [4.69, 9.17) is 9.15 Å². The Bertz CT molecular complexity index is 1140. The fraction of sp³-hybridized carbons (Fsp3) is 0.222. The van der Waals surface area contributed by atoms with E-state index in [0.717, 1.165) is 0 Å². The largest absolute Gasteiger partial charge is 0.462 e. The summed E-state index contributed by atoms with van der Waals surface area (Å²) in [5, 5.41) is 0. The van der Waals surface area contributed by atoms with E-state index >= 15 is 0 Å². The smallest absolute Gasteiger partial charge is 0.419 e. The van der Waals surface area contributed by atoms with Crippen LogP contribution in [0.2, 0.25) is 0 Å². The number of aromatic nitrogens is 1.